The van der Waals surface area contributed by atoms with Gasteiger partial charge in [-0.3, -0.25) is 0 Å². The largest absolute Gasteiger partial charge is 0.507 e. The number of phenols is 1. The van der Waals surface area contributed by atoms with E-state index < -0.39 is 17.7 Å². The Kier molecular flexibility index (Phi) is 4.37. The summed E-state index contributed by atoms with van der Waals surface area (Å²) in [5, 5.41) is 21.0. The summed E-state index contributed by atoms with van der Waals surface area (Å²) in [5.41, 5.74) is -0.510. The van der Waals surface area contributed by atoms with Crippen LogP contribution in [0.15, 0.2) is 18.2 Å². The van der Waals surface area contributed by atoms with E-state index in [0.717, 1.165) is 0 Å². The van der Waals surface area contributed by atoms with Crippen LogP contribution < -0.4 is 5.32 Å². The quantitative estimate of drug-likeness (QED) is 0.779. The molecule has 0 fully saturated rings. The third kappa shape index (κ3) is 4.50. The van der Waals surface area contributed by atoms with Gasteiger partial charge in [-0.2, -0.15) is 0 Å². The van der Waals surface area contributed by atoms with Crippen LogP contribution in [0.3, 0.4) is 0 Å². The molecule has 0 aliphatic rings. The molecule has 1 aromatic carbocycles. The van der Waals surface area contributed by atoms with Crippen molar-refractivity contribution in [3.05, 3.63) is 29.3 Å². The highest BCUT2D eigenvalue weighted by Gasteiger charge is 2.17. The molecule has 0 unspecified atom stereocenters. The molecule has 1 rings (SSSR count). The Morgan fingerprint density at radius 2 is 1.95 bits per heavy atom. The van der Waals surface area contributed by atoms with Gasteiger partial charge in [0.2, 0.25) is 0 Å². The van der Waals surface area contributed by atoms with Gasteiger partial charge < -0.3 is 20.3 Å². The van der Waals surface area contributed by atoms with Crippen LogP contribution in [0.1, 0.15) is 36.7 Å². The summed E-state index contributed by atoms with van der Waals surface area (Å²) in [5.74, 6) is -1.58. The predicted molar refractivity (Wildman–Crippen MR) is 68.1 cm³/mol. The molecule has 0 aliphatic carbocycles. The third-order valence-electron chi connectivity index (χ3n) is 2.17. The van der Waals surface area contributed by atoms with Crippen LogP contribution in [-0.4, -0.2) is 27.9 Å². The Morgan fingerprint density at radius 3 is 2.47 bits per heavy atom. The van der Waals surface area contributed by atoms with E-state index in [0.29, 0.717) is 5.56 Å². The minimum absolute atomic E-state index is 0.0120. The van der Waals surface area contributed by atoms with Crippen molar-refractivity contribution in [1.82, 2.24) is 5.32 Å². The van der Waals surface area contributed by atoms with Crippen molar-refractivity contribution in [2.24, 2.45) is 0 Å². The summed E-state index contributed by atoms with van der Waals surface area (Å²) in [6.45, 7) is 5.18. The van der Waals surface area contributed by atoms with Crippen LogP contribution >= 0.6 is 0 Å². The minimum Gasteiger partial charge on any atom is -0.507 e. The molecule has 3 N–H and O–H groups in total. The Labute approximate surface area is 111 Å². The number of aromatic carboxylic acids is 1. The van der Waals surface area contributed by atoms with Crippen molar-refractivity contribution in [1.29, 1.82) is 0 Å². The Hall–Kier alpha value is -2.24. The third-order valence-corrected chi connectivity index (χ3v) is 2.17. The summed E-state index contributed by atoms with van der Waals surface area (Å²) in [6, 6.07) is 4.31. The number of nitrogens with one attached hydrogen (secondary N) is 1. The number of aromatic hydroxyl groups is 1. The second-order valence-corrected chi connectivity index (χ2v) is 4.97. The number of carbonyl (C=O) groups is 2. The first-order valence-electron chi connectivity index (χ1n) is 5.71. The molecule has 0 saturated heterocycles. The van der Waals surface area contributed by atoms with Crippen molar-refractivity contribution in [2.45, 2.75) is 32.9 Å². The fraction of sp³-hybridized carbons (Fsp3) is 0.385. The molecule has 0 heterocycles. The SMILES string of the molecule is CC(C)(C)OC(=O)NCc1cccc(C(=O)O)c1O. The summed E-state index contributed by atoms with van der Waals surface area (Å²) in [6.07, 6.45) is -0.632. The number of rotatable bonds is 3. The van der Waals surface area contributed by atoms with Gasteiger partial charge in [0, 0.05) is 12.1 Å². The van der Waals surface area contributed by atoms with Crippen LogP contribution in [0.4, 0.5) is 4.79 Å². The number of carbonyl (C=O) groups excluding carboxylic acids is 1. The predicted octanol–water partition coefficient (Wildman–Crippen LogP) is 2.12. The number of ether oxygens (including phenoxy) is 1. The van der Waals surface area contributed by atoms with Crippen molar-refractivity contribution < 1.29 is 24.5 Å². The van der Waals surface area contributed by atoms with E-state index in [1.165, 1.54) is 18.2 Å². The monoisotopic (exact) mass is 267 g/mol. The number of hydrogen-bond acceptors (Lipinski definition) is 4. The zero-order valence-corrected chi connectivity index (χ0v) is 11.1. The number of benzene rings is 1. The first-order chi connectivity index (χ1) is 8.70. The molecule has 6 heteroatoms. The lowest BCUT2D eigenvalue weighted by Gasteiger charge is -2.19. The molecule has 0 aromatic heterocycles. The first kappa shape index (κ1) is 14.8. The van der Waals surface area contributed by atoms with E-state index in [-0.39, 0.29) is 17.9 Å². The number of carboxylic acids is 1. The summed E-state index contributed by atoms with van der Waals surface area (Å²) in [4.78, 5) is 22.3. The van der Waals surface area contributed by atoms with E-state index in [1.54, 1.807) is 20.8 Å². The average molecular weight is 267 g/mol. The Morgan fingerprint density at radius 1 is 1.32 bits per heavy atom. The van der Waals surface area contributed by atoms with Crippen molar-refractivity contribution in [3.63, 3.8) is 0 Å². The van der Waals surface area contributed by atoms with Gasteiger partial charge in [0.25, 0.3) is 0 Å². The summed E-state index contributed by atoms with van der Waals surface area (Å²) in [7, 11) is 0. The van der Waals surface area contributed by atoms with Crippen LogP contribution in [-0.2, 0) is 11.3 Å². The number of hydrogen-bond donors (Lipinski definition) is 3. The smallest absolute Gasteiger partial charge is 0.407 e. The van der Waals surface area contributed by atoms with Gasteiger partial charge in [0.1, 0.15) is 16.9 Å². The maximum atomic E-state index is 11.4. The van der Waals surface area contributed by atoms with Gasteiger partial charge in [-0.05, 0) is 26.8 Å². The second-order valence-electron chi connectivity index (χ2n) is 4.97. The maximum Gasteiger partial charge on any atom is 0.407 e. The Bertz CT molecular complexity index is 490. The number of para-hydroxylation sites is 1. The highest BCUT2D eigenvalue weighted by Crippen LogP contribution is 2.22. The van der Waals surface area contributed by atoms with Crippen LogP contribution in [0.2, 0.25) is 0 Å². The standard InChI is InChI=1S/C13H17NO5/c1-13(2,3)19-12(18)14-7-8-5-4-6-9(10(8)15)11(16)17/h4-6,15H,7H2,1-3H3,(H,14,18)(H,16,17). The van der Waals surface area contributed by atoms with E-state index >= 15 is 0 Å². The average Bonchev–Trinajstić information content (AvgIpc) is 2.24. The van der Waals surface area contributed by atoms with Crippen molar-refractivity contribution >= 4 is 12.1 Å². The van der Waals surface area contributed by atoms with Crippen molar-refractivity contribution in [3.8, 4) is 5.75 Å². The molecule has 6 nitrogen and oxygen atoms in total. The van der Waals surface area contributed by atoms with Crippen LogP contribution in [0.5, 0.6) is 5.75 Å². The topological polar surface area (TPSA) is 95.9 Å². The van der Waals surface area contributed by atoms with Gasteiger partial charge in [-0.15, -0.1) is 0 Å². The van der Waals surface area contributed by atoms with E-state index in [2.05, 4.69) is 5.32 Å². The van der Waals surface area contributed by atoms with E-state index in [4.69, 9.17) is 9.84 Å². The van der Waals surface area contributed by atoms with Gasteiger partial charge in [0.05, 0.1) is 0 Å². The van der Waals surface area contributed by atoms with Gasteiger partial charge >= 0.3 is 12.1 Å². The van der Waals surface area contributed by atoms with Gasteiger partial charge in [0.15, 0.2) is 0 Å². The molecule has 0 radical (unpaired) electrons. The highest BCUT2D eigenvalue weighted by molar-refractivity contribution is 5.91. The van der Waals surface area contributed by atoms with Crippen LogP contribution in [0, 0.1) is 0 Å². The molecule has 1 amide bonds. The van der Waals surface area contributed by atoms with Crippen molar-refractivity contribution in [2.75, 3.05) is 0 Å². The molecule has 0 aliphatic heterocycles. The normalized spacial score (nSPS) is 10.9. The summed E-state index contributed by atoms with van der Waals surface area (Å²) >= 11 is 0. The first-order valence-corrected chi connectivity index (χ1v) is 5.71. The van der Waals surface area contributed by atoms with Crippen LogP contribution in [0.25, 0.3) is 0 Å². The fourth-order valence-electron chi connectivity index (χ4n) is 1.39. The molecule has 0 bridgehead atoms. The molecular formula is C13H17NO5. The Balaban J connectivity index is 2.71. The highest BCUT2D eigenvalue weighted by atomic mass is 16.6. The lowest BCUT2D eigenvalue weighted by atomic mass is 10.1. The molecule has 0 spiro atoms. The zero-order chi connectivity index (χ0) is 14.6. The fourth-order valence-corrected chi connectivity index (χ4v) is 1.39. The second kappa shape index (κ2) is 5.60. The minimum atomic E-state index is -1.23. The molecular weight excluding hydrogens is 250 g/mol. The number of carboxylic acid groups (broad SMARTS) is 1. The molecule has 19 heavy (non-hydrogen) atoms. The number of alkyl carbamates (subject to hydrolysis) is 1. The zero-order valence-electron chi connectivity index (χ0n) is 11.1. The molecule has 0 saturated carbocycles. The van der Waals surface area contributed by atoms with E-state index in [1.807, 2.05) is 0 Å². The van der Waals surface area contributed by atoms with Gasteiger partial charge in [-0.1, -0.05) is 12.1 Å². The molecule has 0 atom stereocenters. The molecule has 104 valence electrons. The number of amides is 1. The lowest BCUT2D eigenvalue weighted by molar-refractivity contribution is 0.0523. The lowest BCUT2D eigenvalue weighted by Crippen LogP contribution is -2.32. The van der Waals surface area contributed by atoms with Gasteiger partial charge in [-0.25, -0.2) is 9.59 Å². The van der Waals surface area contributed by atoms with E-state index in [9.17, 15) is 14.7 Å². The summed E-state index contributed by atoms with van der Waals surface area (Å²) < 4.78 is 5.03. The molecule has 1 aromatic rings. The maximum absolute atomic E-state index is 11.4.